The van der Waals surface area contributed by atoms with Crippen LogP contribution >= 0.6 is 15.9 Å². The summed E-state index contributed by atoms with van der Waals surface area (Å²) in [5.74, 6) is 0.279. The third-order valence-electron chi connectivity index (χ3n) is 3.89. The first-order valence-electron chi connectivity index (χ1n) is 7.43. The number of benzene rings is 1. The van der Waals surface area contributed by atoms with Gasteiger partial charge in [-0.1, -0.05) is 29.3 Å². The number of nitrogens with zero attached hydrogens (tertiary/aromatic N) is 2. The van der Waals surface area contributed by atoms with Crippen LogP contribution in [0.15, 0.2) is 22.7 Å². The summed E-state index contributed by atoms with van der Waals surface area (Å²) in [6.07, 6.45) is 1.66. The molecule has 0 spiro atoms. The van der Waals surface area contributed by atoms with E-state index in [-0.39, 0.29) is 5.75 Å². The maximum Gasteiger partial charge on any atom is 0.214 e. The molecule has 1 heterocycles. The first-order valence-corrected chi connectivity index (χ1v) is 9.83. The quantitative estimate of drug-likeness (QED) is 0.795. The van der Waals surface area contributed by atoms with E-state index in [4.69, 9.17) is 0 Å². The average Bonchev–Trinajstić information content (AvgIpc) is 2.45. The number of sulfonamides is 1. The van der Waals surface area contributed by atoms with Gasteiger partial charge in [0.2, 0.25) is 10.0 Å². The van der Waals surface area contributed by atoms with Gasteiger partial charge in [0.15, 0.2) is 0 Å². The Hall–Kier alpha value is -0.590. The fraction of sp³-hybridized carbons (Fsp3) is 0.600. The van der Waals surface area contributed by atoms with Gasteiger partial charge in [0.05, 0.1) is 5.75 Å². The summed E-state index contributed by atoms with van der Waals surface area (Å²) in [5, 5.41) is 0. The molecule has 1 aromatic rings. The molecule has 0 aromatic heterocycles. The van der Waals surface area contributed by atoms with Gasteiger partial charge in [0.25, 0.3) is 0 Å². The Bertz CT molecular complexity index is 581. The Morgan fingerprint density at radius 2 is 1.86 bits per heavy atom. The number of rotatable bonds is 5. The van der Waals surface area contributed by atoms with Crippen molar-refractivity contribution in [2.75, 3.05) is 36.8 Å². The second kappa shape index (κ2) is 7.11. The maximum atomic E-state index is 12.2. The van der Waals surface area contributed by atoms with Crippen LogP contribution in [0.25, 0.3) is 0 Å². The molecule has 118 valence electrons. The van der Waals surface area contributed by atoms with E-state index in [1.165, 1.54) is 11.3 Å². The van der Waals surface area contributed by atoms with Crippen molar-refractivity contribution >= 4 is 31.6 Å². The van der Waals surface area contributed by atoms with Crippen molar-refractivity contribution in [2.24, 2.45) is 0 Å². The summed E-state index contributed by atoms with van der Waals surface area (Å²) >= 11 is 3.47. The summed E-state index contributed by atoms with van der Waals surface area (Å²) in [6, 6.07) is 6.23. The molecule has 1 aliphatic rings. The predicted octanol–water partition coefficient (Wildman–Crippen LogP) is 3.01. The molecule has 1 aliphatic heterocycles. The van der Waals surface area contributed by atoms with E-state index in [1.54, 1.807) is 4.31 Å². The minimum Gasteiger partial charge on any atom is -0.369 e. The van der Waals surface area contributed by atoms with E-state index >= 15 is 0 Å². The van der Waals surface area contributed by atoms with E-state index in [9.17, 15) is 8.42 Å². The summed E-state index contributed by atoms with van der Waals surface area (Å²) in [6.45, 7) is 6.79. The highest BCUT2D eigenvalue weighted by molar-refractivity contribution is 9.10. The molecule has 2 rings (SSSR count). The van der Waals surface area contributed by atoms with Crippen molar-refractivity contribution in [1.29, 1.82) is 0 Å². The third kappa shape index (κ3) is 4.20. The summed E-state index contributed by atoms with van der Waals surface area (Å²) in [5.41, 5.74) is 2.41. The van der Waals surface area contributed by atoms with Gasteiger partial charge < -0.3 is 4.90 Å². The molecule has 0 atom stereocenters. The molecular formula is C15H23BrN2O2S. The van der Waals surface area contributed by atoms with Crippen LogP contribution in [-0.4, -0.2) is 44.7 Å². The zero-order chi connectivity index (χ0) is 15.5. The molecule has 1 aromatic carbocycles. The lowest BCUT2D eigenvalue weighted by Gasteiger charge is -2.36. The lowest BCUT2D eigenvalue weighted by molar-refractivity contribution is 0.384. The van der Waals surface area contributed by atoms with E-state index in [1.807, 2.05) is 13.0 Å². The van der Waals surface area contributed by atoms with Crippen LogP contribution in [0.3, 0.4) is 0 Å². The Morgan fingerprint density at radius 3 is 2.43 bits per heavy atom. The summed E-state index contributed by atoms with van der Waals surface area (Å²) in [7, 11) is -3.07. The van der Waals surface area contributed by atoms with Crippen LogP contribution in [0.1, 0.15) is 25.3 Å². The summed E-state index contributed by atoms with van der Waals surface area (Å²) < 4.78 is 27.1. The SMILES string of the molecule is CCCCS(=O)(=O)N1CCN(c2ccc(Br)cc2C)CC1. The van der Waals surface area contributed by atoms with Gasteiger partial charge in [0.1, 0.15) is 0 Å². The minimum atomic E-state index is -3.07. The van der Waals surface area contributed by atoms with E-state index < -0.39 is 10.0 Å². The van der Waals surface area contributed by atoms with Crippen molar-refractivity contribution in [3.63, 3.8) is 0 Å². The molecular weight excluding hydrogens is 352 g/mol. The van der Waals surface area contributed by atoms with Crippen LogP contribution in [0.5, 0.6) is 0 Å². The highest BCUT2D eigenvalue weighted by Gasteiger charge is 2.26. The van der Waals surface area contributed by atoms with Crippen LogP contribution in [0.2, 0.25) is 0 Å². The lowest BCUT2D eigenvalue weighted by atomic mass is 10.1. The van der Waals surface area contributed by atoms with Crippen LogP contribution in [0, 0.1) is 6.92 Å². The van der Waals surface area contributed by atoms with Crippen molar-refractivity contribution < 1.29 is 8.42 Å². The summed E-state index contributed by atoms with van der Waals surface area (Å²) in [4.78, 5) is 2.27. The van der Waals surface area contributed by atoms with Crippen LogP contribution in [0.4, 0.5) is 5.69 Å². The Morgan fingerprint density at radius 1 is 1.19 bits per heavy atom. The van der Waals surface area contributed by atoms with E-state index in [0.717, 1.165) is 30.4 Å². The minimum absolute atomic E-state index is 0.279. The highest BCUT2D eigenvalue weighted by atomic mass is 79.9. The maximum absolute atomic E-state index is 12.2. The largest absolute Gasteiger partial charge is 0.369 e. The van der Waals surface area contributed by atoms with Gasteiger partial charge in [-0.25, -0.2) is 8.42 Å². The smallest absolute Gasteiger partial charge is 0.214 e. The van der Waals surface area contributed by atoms with Gasteiger partial charge in [0, 0.05) is 36.3 Å². The number of piperazine rings is 1. The zero-order valence-corrected chi connectivity index (χ0v) is 15.1. The lowest BCUT2D eigenvalue weighted by Crippen LogP contribution is -2.49. The number of hydrogen-bond donors (Lipinski definition) is 0. The van der Waals surface area contributed by atoms with Crippen molar-refractivity contribution in [1.82, 2.24) is 4.31 Å². The van der Waals surface area contributed by atoms with Crippen molar-refractivity contribution in [3.8, 4) is 0 Å². The number of halogens is 1. The molecule has 0 amide bonds. The Kier molecular flexibility index (Phi) is 5.68. The second-order valence-electron chi connectivity index (χ2n) is 5.49. The molecule has 0 saturated carbocycles. The average molecular weight is 375 g/mol. The molecule has 6 heteroatoms. The molecule has 0 aliphatic carbocycles. The number of anilines is 1. The molecule has 1 saturated heterocycles. The fourth-order valence-electron chi connectivity index (χ4n) is 2.64. The van der Waals surface area contributed by atoms with Gasteiger partial charge in [-0.2, -0.15) is 4.31 Å². The molecule has 1 fully saturated rings. The van der Waals surface area contributed by atoms with Gasteiger partial charge >= 0.3 is 0 Å². The predicted molar refractivity (Wildman–Crippen MR) is 91.4 cm³/mol. The van der Waals surface area contributed by atoms with Crippen LogP contribution in [-0.2, 0) is 10.0 Å². The number of aryl methyl sites for hydroxylation is 1. The number of hydrogen-bond acceptors (Lipinski definition) is 3. The Labute approximate surface area is 136 Å². The molecule has 0 N–H and O–H groups in total. The van der Waals surface area contributed by atoms with E-state index in [0.29, 0.717) is 13.1 Å². The first-order chi connectivity index (χ1) is 9.94. The fourth-order valence-corrected chi connectivity index (χ4v) is 4.74. The van der Waals surface area contributed by atoms with Gasteiger partial charge in [-0.05, 0) is 37.1 Å². The van der Waals surface area contributed by atoms with Crippen molar-refractivity contribution in [3.05, 3.63) is 28.2 Å². The molecule has 21 heavy (non-hydrogen) atoms. The molecule has 0 unspecified atom stereocenters. The van der Waals surface area contributed by atoms with Gasteiger partial charge in [-0.3, -0.25) is 0 Å². The second-order valence-corrected chi connectivity index (χ2v) is 8.49. The van der Waals surface area contributed by atoms with Crippen molar-refractivity contribution in [2.45, 2.75) is 26.7 Å². The Balaban J connectivity index is 2.00. The topological polar surface area (TPSA) is 40.6 Å². The first kappa shape index (κ1) is 16.8. The molecule has 0 bridgehead atoms. The normalized spacial score (nSPS) is 17.2. The monoisotopic (exact) mass is 374 g/mol. The third-order valence-corrected chi connectivity index (χ3v) is 6.34. The standard InChI is InChI=1S/C15H23BrN2O2S/c1-3-4-11-21(19,20)18-9-7-17(8-10-18)15-6-5-14(16)12-13(15)2/h5-6,12H,3-4,7-11H2,1-2H3. The van der Waals surface area contributed by atoms with Gasteiger partial charge in [-0.15, -0.1) is 0 Å². The van der Waals surface area contributed by atoms with Crippen LogP contribution < -0.4 is 4.90 Å². The number of unbranched alkanes of at least 4 members (excludes halogenated alkanes) is 1. The van der Waals surface area contributed by atoms with E-state index in [2.05, 4.69) is 39.9 Å². The highest BCUT2D eigenvalue weighted by Crippen LogP contribution is 2.25. The molecule has 4 nitrogen and oxygen atoms in total. The molecule has 0 radical (unpaired) electrons. The zero-order valence-electron chi connectivity index (χ0n) is 12.7.